The quantitative estimate of drug-likeness (QED) is 0.308. The van der Waals surface area contributed by atoms with Crippen LogP contribution in [0.2, 0.25) is 0 Å². The summed E-state index contributed by atoms with van der Waals surface area (Å²) in [4.78, 5) is 19.6. The average molecular weight is 516 g/mol. The number of fused-ring (bicyclic) bond motifs is 2. The summed E-state index contributed by atoms with van der Waals surface area (Å²) in [6.45, 7) is 2.22. The topological polar surface area (TPSA) is 65.8 Å². The van der Waals surface area contributed by atoms with Crippen LogP contribution >= 0.6 is 27.3 Å². The van der Waals surface area contributed by atoms with Gasteiger partial charge in [-0.25, -0.2) is 4.98 Å². The van der Waals surface area contributed by atoms with Crippen LogP contribution in [-0.4, -0.2) is 10.9 Å². The highest BCUT2D eigenvalue weighted by Crippen LogP contribution is 2.40. The van der Waals surface area contributed by atoms with Gasteiger partial charge in [-0.2, -0.15) is 5.26 Å². The minimum atomic E-state index is -0.216. The van der Waals surface area contributed by atoms with E-state index >= 15 is 0 Å². The summed E-state index contributed by atoms with van der Waals surface area (Å²) in [6, 6.07) is 19.7. The molecule has 4 nitrogen and oxygen atoms in total. The SMILES string of the molecule is CCC1CCc2c(sc(NC(=O)c3cc(-c4cccc(Br)c4)nc4ccccc34)c2C#N)C1. The van der Waals surface area contributed by atoms with Crippen molar-refractivity contribution in [2.24, 2.45) is 5.92 Å². The molecule has 1 unspecified atom stereocenters. The van der Waals surface area contributed by atoms with Crippen molar-refractivity contribution >= 4 is 49.1 Å². The smallest absolute Gasteiger partial charge is 0.257 e. The third-order valence-electron chi connectivity index (χ3n) is 6.36. The lowest BCUT2D eigenvalue weighted by Crippen LogP contribution is -2.13. The van der Waals surface area contributed by atoms with Gasteiger partial charge in [-0.1, -0.05) is 59.6 Å². The van der Waals surface area contributed by atoms with Crippen LogP contribution in [-0.2, 0) is 12.8 Å². The van der Waals surface area contributed by atoms with Gasteiger partial charge in [-0.3, -0.25) is 4.79 Å². The first kappa shape index (κ1) is 21.8. The van der Waals surface area contributed by atoms with Gasteiger partial charge in [0.25, 0.3) is 5.91 Å². The first-order valence-corrected chi connectivity index (χ1v) is 12.7. The van der Waals surface area contributed by atoms with E-state index in [0.717, 1.165) is 57.9 Å². The summed E-state index contributed by atoms with van der Waals surface area (Å²) in [5.41, 5.74) is 4.73. The van der Waals surface area contributed by atoms with Crippen LogP contribution < -0.4 is 5.32 Å². The molecule has 0 bridgehead atoms. The van der Waals surface area contributed by atoms with Crippen LogP contribution in [0.1, 0.15) is 46.1 Å². The monoisotopic (exact) mass is 515 g/mol. The molecule has 0 aliphatic heterocycles. The number of benzene rings is 2. The number of carbonyl (C=O) groups is 1. The molecule has 0 saturated heterocycles. The first-order valence-electron chi connectivity index (χ1n) is 11.1. The maximum absolute atomic E-state index is 13.5. The zero-order valence-corrected chi connectivity index (χ0v) is 20.6. The van der Waals surface area contributed by atoms with Crippen molar-refractivity contribution in [1.29, 1.82) is 5.26 Å². The fourth-order valence-electron chi connectivity index (χ4n) is 4.54. The molecule has 4 aromatic rings. The summed E-state index contributed by atoms with van der Waals surface area (Å²) in [5.74, 6) is 0.440. The number of carbonyl (C=O) groups excluding carboxylic acids is 1. The fourth-order valence-corrected chi connectivity index (χ4v) is 6.25. The molecule has 33 heavy (non-hydrogen) atoms. The van der Waals surface area contributed by atoms with E-state index in [1.54, 1.807) is 11.3 Å². The second-order valence-electron chi connectivity index (χ2n) is 8.37. The number of hydrogen-bond donors (Lipinski definition) is 1. The van der Waals surface area contributed by atoms with Crippen LogP contribution in [0.15, 0.2) is 59.1 Å². The van der Waals surface area contributed by atoms with Crippen molar-refractivity contribution in [2.45, 2.75) is 32.6 Å². The number of rotatable bonds is 4. The maximum atomic E-state index is 13.5. The molecule has 0 radical (unpaired) electrons. The lowest BCUT2D eigenvalue weighted by molar-refractivity contribution is 0.102. The summed E-state index contributed by atoms with van der Waals surface area (Å²) < 4.78 is 0.953. The second-order valence-corrected chi connectivity index (χ2v) is 10.4. The van der Waals surface area contributed by atoms with Crippen molar-refractivity contribution in [3.63, 3.8) is 0 Å². The lowest BCUT2D eigenvalue weighted by Gasteiger charge is -2.20. The van der Waals surface area contributed by atoms with Gasteiger partial charge in [-0.15, -0.1) is 11.3 Å². The predicted octanol–water partition coefficient (Wildman–Crippen LogP) is 7.36. The third kappa shape index (κ3) is 4.19. The normalized spacial score (nSPS) is 15.1. The van der Waals surface area contributed by atoms with E-state index in [4.69, 9.17) is 4.98 Å². The Morgan fingerprint density at radius 2 is 2.09 bits per heavy atom. The molecule has 1 aliphatic rings. The average Bonchev–Trinajstić information content (AvgIpc) is 3.19. The number of aromatic nitrogens is 1. The second kappa shape index (κ2) is 9.09. The maximum Gasteiger partial charge on any atom is 0.257 e. The van der Waals surface area contributed by atoms with E-state index in [1.165, 1.54) is 4.88 Å². The number of nitrogens with one attached hydrogen (secondary N) is 1. The Hall–Kier alpha value is -3.01. The Morgan fingerprint density at radius 3 is 2.88 bits per heavy atom. The molecule has 1 N–H and O–H groups in total. The first-order chi connectivity index (χ1) is 16.1. The molecule has 2 heterocycles. The minimum Gasteiger partial charge on any atom is -0.312 e. The zero-order valence-electron chi connectivity index (χ0n) is 18.2. The molecular formula is C27H22BrN3OS. The van der Waals surface area contributed by atoms with Crippen molar-refractivity contribution < 1.29 is 4.79 Å². The summed E-state index contributed by atoms with van der Waals surface area (Å²) >= 11 is 5.08. The Kier molecular flexibility index (Phi) is 6.01. The summed E-state index contributed by atoms with van der Waals surface area (Å²) in [7, 11) is 0. The van der Waals surface area contributed by atoms with Crippen molar-refractivity contribution in [1.82, 2.24) is 4.98 Å². The minimum absolute atomic E-state index is 0.216. The van der Waals surface area contributed by atoms with E-state index in [0.29, 0.717) is 22.0 Å². The number of amides is 1. The molecule has 2 aromatic carbocycles. The molecule has 0 fully saturated rings. The Morgan fingerprint density at radius 1 is 1.24 bits per heavy atom. The highest BCUT2D eigenvalue weighted by molar-refractivity contribution is 9.10. The van der Waals surface area contributed by atoms with Crippen LogP contribution in [0, 0.1) is 17.2 Å². The molecule has 164 valence electrons. The number of nitriles is 1. The molecule has 1 atom stereocenters. The van der Waals surface area contributed by atoms with E-state index in [9.17, 15) is 10.1 Å². The molecule has 6 heteroatoms. The van der Waals surface area contributed by atoms with Gasteiger partial charge in [-0.05, 0) is 55.0 Å². The number of anilines is 1. The number of para-hydroxylation sites is 1. The molecule has 2 aromatic heterocycles. The molecular weight excluding hydrogens is 494 g/mol. The Bertz CT molecular complexity index is 1420. The van der Waals surface area contributed by atoms with Gasteiger partial charge >= 0.3 is 0 Å². The summed E-state index contributed by atoms with van der Waals surface area (Å²) in [6.07, 6.45) is 4.15. The highest BCUT2D eigenvalue weighted by Gasteiger charge is 2.26. The van der Waals surface area contributed by atoms with E-state index in [-0.39, 0.29) is 5.91 Å². The molecule has 0 spiro atoms. The van der Waals surface area contributed by atoms with Crippen LogP contribution in [0.5, 0.6) is 0 Å². The predicted molar refractivity (Wildman–Crippen MR) is 138 cm³/mol. The largest absolute Gasteiger partial charge is 0.312 e. The number of thiophene rings is 1. The van der Waals surface area contributed by atoms with Gasteiger partial charge in [0.15, 0.2) is 0 Å². The summed E-state index contributed by atoms with van der Waals surface area (Å²) in [5, 5.41) is 14.4. The highest BCUT2D eigenvalue weighted by atomic mass is 79.9. The number of halogens is 1. The van der Waals surface area contributed by atoms with Crippen LogP contribution in [0.4, 0.5) is 5.00 Å². The van der Waals surface area contributed by atoms with Crippen LogP contribution in [0.25, 0.3) is 22.2 Å². The van der Waals surface area contributed by atoms with Gasteiger partial charge < -0.3 is 5.32 Å². The number of hydrogen-bond acceptors (Lipinski definition) is 4. The lowest BCUT2D eigenvalue weighted by atomic mass is 9.86. The molecule has 1 aliphatic carbocycles. The van der Waals surface area contributed by atoms with E-state index < -0.39 is 0 Å². The third-order valence-corrected chi connectivity index (χ3v) is 8.03. The Labute approximate surface area is 205 Å². The van der Waals surface area contributed by atoms with Gasteiger partial charge in [0.05, 0.1) is 22.3 Å². The van der Waals surface area contributed by atoms with E-state index in [1.807, 2.05) is 54.6 Å². The van der Waals surface area contributed by atoms with Gasteiger partial charge in [0.1, 0.15) is 11.1 Å². The molecule has 0 saturated carbocycles. The van der Waals surface area contributed by atoms with Gasteiger partial charge in [0.2, 0.25) is 0 Å². The standard InChI is InChI=1S/C27H22BrN3OS/c1-2-16-10-11-20-22(15-29)27(33-25(20)12-16)31-26(32)21-14-24(17-6-5-7-18(28)13-17)30-23-9-4-3-8-19(21)23/h3-9,13-14,16H,2,10-12H2,1H3,(H,31,32). The fraction of sp³-hybridized carbons (Fsp3) is 0.222. The van der Waals surface area contributed by atoms with Crippen molar-refractivity contribution in [3.8, 4) is 17.3 Å². The molecule has 5 rings (SSSR count). The zero-order chi connectivity index (χ0) is 22.9. The van der Waals surface area contributed by atoms with E-state index in [2.05, 4.69) is 34.2 Å². The van der Waals surface area contributed by atoms with Crippen LogP contribution in [0.3, 0.4) is 0 Å². The Balaban J connectivity index is 1.56. The van der Waals surface area contributed by atoms with Crippen molar-refractivity contribution in [2.75, 3.05) is 5.32 Å². The number of pyridine rings is 1. The number of nitrogens with zero attached hydrogens (tertiary/aromatic N) is 2. The van der Waals surface area contributed by atoms with Crippen molar-refractivity contribution in [3.05, 3.63) is 80.6 Å². The molecule has 1 amide bonds. The van der Waals surface area contributed by atoms with Gasteiger partial charge in [0, 0.05) is 20.3 Å².